The molecule has 2 rings (SSSR count). The Morgan fingerprint density at radius 2 is 2.20 bits per heavy atom. The van der Waals surface area contributed by atoms with Crippen LogP contribution in [0, 0.1) is 0 Å². The summed E-state index contributed by atoms with van der Waals surface area (Å²) in [6.07, 6.45) is 2.62. The van der Waals surface area contributed by atoms with Crippen molar-refractivity contribution in [3.63, 3.8) is 0 Å². The summed E-state index contributed by atoms with van der Waals surface area (Å²) in [5, 5.41) is 2.84. The quantitative estimate of drug-likeness (QED) is 0.912. The lowest BCUT2D eigenvalue weighted by Crippen LogP contribution is -2.55. The Bertz CT molecular complexity index is 503. The second-order valence-electron chi connectivity index (χ2n) is 5.41. The first-order valence-electron chi connectivity index (χ1n) is 7.01. The Morgan fingerprint density at radius 1 is 1.45 bits per heavy atom. The van der Waals surface area contributed by atoms with Crippen molar-refractivity contribution >= 4 is 11.8 Å². The molecule has 5 nitrogen and oxygen atoms in total. The molecule has 1 aromatic rings. The number of nitrogens with one attached hydrogen (secondary N) is 1. The van der Waals surface area contributed by atoms with Crippen LogP contribution in [0.25, 0.3) is 0 Å². The fourth-order valence-electron chi connectivity index (χ4n) is 2.46. The molecule has 1 aliphatic rings. The van der Waals surface area contributed by atoms with Crippen LogP contribution < -0.4 is 5.32 Å². The van der Waals surface area contributed by atoms with E-state index < -0.39 is 5.54 Å². The van der Waals surface area contributed by atoms with E-state index in [1.807, 2.05) is 32.0 Å². The first-order valence-corrected chi connectivity index (χ1v) is 7.01. The smallest absolute Gasteiger partial charge is 0.248 e. The molecule has 0 bridgehead atoms. The van der Waals surface area contributed by atoms with Gasteiger partial charge in [-0.3, -0.25) is 14.6 Å². The minimum absolute atomic E-state index is 0.0380. The van der Waals surface area contributed by atoms with E-state index in [1.54, 1.807) is 18.0 Å². The highest BCUT2D eigenvalue weighted by Crippen LogP contribution is 2.25. The summed E-state index contributed by atoms with van der Waals surface area (Å²) in [5.41, 5.74) is 0.0186. The zero-order valence-corrected chi connectivity index (χ0v) is 12.2. The number of aromatic nitrogens is 1. The number of carbonyl (C=O) groups excluding carboxylic acids is 2. The molecule has 2 heterocycles. The predicted molar refractivity (Wildman–Crippen MR) is 75.8 cm³/mol. The third-order valence-corrected chi connectivity index (χ3v) is 4.02. The van der Waals surface area contributed by atoms with Crippen molar-refractivity contribution in [2.24, 2.45) is 0 Å². The maximum absolute atomic E-state index is 12.7. The van der Waals surface area contributed by atoms with Crippen molar-refractivity contribution in [1.82, 2.24) is 15.2 Å². The summed E-state index contributed by atoms with van der Waals surface area (Å²) in [6.45, 7) is 6.08. The van der Waals surface area contributed by atoms with Crippen LogP contribution in [0.5, 0.6) is 0 Å². The van der Waals surface area contributed by atoms with Gasteiger partial charge in [-0.1, -0.05) is 13.0 Å². The van der Waals surface area contributed by atoms with Gasteiger partial charge in [0.15, 0.2) is 0 Å². The van der Waals surface area contributed by atoms with Gasteiger partial charge < -0.3 is 10.2 Å². The van der Waals surface area contributed by atoms with Gasteiger partial charge in [-0.25, -0.2) is 0 Å². The summed E-state index contributed by atoms with van der Waals surface area (Å²) in [5.74, 6) is -0.109. The molecule has 108 valence electrons. The number of amides is 2. The van der Waals surface area contributed by atoms with E-state index in [0.29, 0.717) is 19.4 Å². The molecule has 1 saturated heterocycles. The minimum atomic E-state index is -0.823. The molecular weight excluding hydrogens is 254 g/mol. The fourth-order valence-corrected chi connectivity index (χ4v) is 2.46. The highest BCUT2D eigenvalue weighted by Gasteiger charge is 2.41. The third-order valence-electron chi connectivity index (χ3n) is 4.02. The molecule has 1 N–H and O–H groups in total. The average Bonchev–Trinajstić information content (AvgIpc) is 2.57. The first-order chi connectivity index (χ1) is 9.48. The van der Waals surface area contributed by atoms with Gasteiger partial charge in [0.1, 0.15) is 5.54 Å². The normalized spacial score (nSPS) is 25.1. The van der Waals surface area contributed by atoms with Gasteiger partial charge in [0.25, 0.3) is 0 Å². The highest BCUT2D eigenvalue weighted by molar-refractivity contribution is 5.93. The number of hydrogen-bond acceptors (Lipinski definition) is 3. The fraction of sp³-hybridized carbons (Fsp3) is 0.533. The molecule has 1 fully saturated rings. The molecular formula is C15H21N3O2. The standard InChI is InChI=1S/C15H21N3O2/c1-4-15(3)14(20)18(10-8-13(19)17-15)11(2)12-7-5-6-9-16-12/h5-7,9,11H,4,8,10H2,1-3H3,(H,17,19). The lowest BCUT2D eigenvalue weighted by atomic mass is 9.96. The van der Waals surface area contributed by atoms with Gasteiger partial charge in [-0.05, 0) is 32.4 Å². The first kappa shape index (κ1) is 14.5. The SMILES string of the molecule is CCC1(C)NC(=O)CCN(C(C)c2ccccn2)C1=O. The number of rotatable bonds is 3. The summed E-state index contributed by atoms with van der Waals surface area (Å²) in [4.78, 5) is 30.6. The Hall–Kier alpha value is -1.91. The highest BCUT2D eigenvalue weighted by atomic mass is 16.2. The third kappa shape index (κ3) is 2.66. The Balaban J connectivity index is 2.30. The summed E-state index contributed by atoms with van der Waals surface area (Å²) in [7, 11) is 0. The maximum atomic E-state index is 12.7. The van der Waals surface area contributed by atoms with Crippen LogP contribution in [0.3, 0.4) is 0 Å². The number of carbonyl (C=O) groups is 2. The summed E-state index contributed by atoms with van der Waals surface area (Å²) in [6, 6.07) is 5.52. The van der Waals surface area contributed by atoms with Crippen molar-refractivity contribution in [2.45, 2.75) is 45.2 Å². The van der Waals surface area contributed by atoms with Gasteiger partial charge in [0.2, 0.25) is 11.8 Å². The molecule has 2 amide bonds. The van der Waals surface area contributed by atoms with Crippen LogP contribution in [0.2, 0.25) is 0 Å². The maximum Gasteiger partial charge on any atom is 0.248 e. The zero-order chi connectivity index (χ0) is 14.8. The number of hydrogen-bond donors (Lipinski definition) is 1. The monoisotopic (exact) mass is 275 g/mol. The van der Waals surface area contributed by atoms with Gasteiger partial charge in [-0.2, -0.15) is 0 Å². The molecule has 20 heavy (non-hydrogen) atoms. The molecule has 0 radical (unpaired) electrons. The molecule has 0 spiro atoms. The van der Waals surface area contributed by atoms with Crippen molar-refractivity contribution < 1.29 is 9.59 Å². The molecule has 2 atom stereocenters. The Morgan fingerprint density at radius 3 is 2.80 bits per heavy atom. The molecule has 0 aromatic carbocycles. The van der Waals surface area contributed by atoms with Gasteiger partial charge in [0, 0.05) is 19.2 Å². The molecule has 1 aromatic heterocycles. The van der Waals surface area contributed by atoms with Crippen LogP contribution in [-0.4, -0.2) is 33.8 Å². The van der Waals surface area contributed by atoms with Crippen molar-refractivity contribution in [1.29, 1.82) is 0 Å². The zero-order valence-electron chi connectivity index (χ0n) is 12.2. The van der Waals surface area contributed by atoms with E-state index in [-0.39, 0.29) is 17.9 Å². The largest absolute Gasteiger partial charge is 0.342 e. The van der Waals surface area contributed by atoms with Gasteiger partial charge >= 0.3 is 0 Å². The Labute approximate surface area is 119 Å². The summed E-state index contributed by atoms with van der Waals surface area (Å²) < 4.78 is 0. The lowest BCUT2D eigenvalue weighted by Gasteiger charge is -2.34. The van der Waals surface area contributed by atoms with E-state index in [4.69, 9.17) is 0 Å². The van der Waals surface area contributed by atoms with Crippen LogP contribution in [0.1, 0.15) is 45.3 Å². The van der Waals surface area contributed by atoms with E-state index in [0.717, 1.165) is 5.69 Å². The van der Waals surface area contributed by atoms with Crippen LogP contribution >= 0.6 is 0 Å². The minimum Gasteiger partial charge on any atom is -0.342 e. The summed E-state index contributed by atoms with van der Waals surface area (Å²) >= 11 is 0. The second-order valence-corrected chi connectivity index (χ2v) is 5.41. The molecule has 2 unspecified atom stereocenters. The second kappa shape index (κ2) is 5.61. The number of nitrogens with zero attached hydrogens (tertiary/aromatic N) is 2. The topological polar surface area (TPSA) is 62.3 Å². The van der Waals surface area contributed by atoms with E-state index in [2.05, 4.69) is 10.3 Å². The number of pyridine rings is 1. The van der Waals surface area contributed by atoms with Gasteiger partial charge in [0.05, 0.1) is 11.7 Å². The van der Waals surface area contributed by atoms with E-state index in [9.17, 15) is 9.59 Å². The Kier molecular flexibility index (Phi) is 4.06. The molecule has 5 heteroatoms. The molecule has 0 aliphatic carbocycles. The molecule has 1 aliphatic heterocycles. The van der Waals surface area contributed by atoms with E-state index in [1.165, 1.54) is 0 Å². The predicted octanol–water partition coefficient (Wildman–Crippen LogP) is 1.66. The van der Waals surface area contributed by atoms with Crippen LogP contribution in [-0.2, 0) is 9.59 Å². The molecule has 0 saturated carbocycles. The lowest BCUT2D eigenvalue weighted by molar-refractivity contribution is -0.140. The average molecular weight is 275 g/mol. The van der Waals surface area contributed by atoms with E-state index >= 15 is 0 Å². The van der Waals surface area contributed by atoms with Crippen molar-refractivity contribution in [2.75, 3.05) is 6.54 Å². The van der Waals surface area contributed by atoms with Crippen LogP contribution in [0.15, 0.2) is 24.4 Å². The van der Waals surface area contributed by atoms with Gasteiger partial charge in [-0.15, -0.1) is 0 Å². The van der Waals surface area contributed by atoms with Crippen molar-refractivity contribution in [3.05, 3.63) is 30.1 Å². The van der Waals surface area contributed by atoms with Crippen LogP contribution in [0.4, 0.5) is 0 Å². The van der Waals surface area contributed by atoms with Crippen molar-refractivity contribution in [3.8, 4) is 0 Å².